The third-order valence-corrected chi connectivity index (χ3v) is 7.31. The smallest absolute Gasteiger partial charge is 0.264 e. The molecule has 2 heterocycles. The monoisotopic (exact) mass is 486 g/mol. The van der Waals surface area contributed by atoms with Crippen LogP contribution in [0, 0.1) is 6.92 Å². The van der Waals surface area contributed by atoms with E-state index in [4.69, 9.17) is 11.6 Å². The molecule has 1 aliphatic heterocycles. The van der Waals surface area contributed by atoms with Gasteiger partial charge >= 0.3 is 0 Å². The van der Waals surface area contributed by atoms with E-state index in [1.54, 1.807) is 38.1 Å². The van der Waals surface area contributed by atoms with Crippen molar-refractivity contribution in [1.29, 1.82) is 0 Å². The Morgan fingerprint density at radius 3 is 2.27 bits per heavy atom. The molecule has 3 aromatic rings. The molecule has 0 saturated carbocycles. The standard InChI is InChI=1S/C23H20ClN3O5S/c1-14-6-8-16(9-7-14)33(31,32)25-18-11-10-17(24)19-20(18)22(29)27(21(19)28)23(2,3)15-5-4-12-26(30)13-15/h4-13H,1-3H3,(H-,25,29,30)/p+1. The van der Waals surface area contributed by atoms with Gasteiger partial charge in [0, 0.05) is 16.4 Å². The Morgan fingerprint density at radius 1 is 1.00 bits per heavy atom. The number of rotatable bonds is 5. The van der Waals surface area contributed by atoms with Gasteiger partial charge in [-0.1, -0.05) is 29.3 Å². The number of amides is 2. The van der Waals surface area contributed by atoms with Crippen LogP contribution in [0.2, 0.25) is 5.02 Å². The van der Waals surface area contributed by atoms with Crippen LogP contribution in [-0.2, 0) is 15.6 Å². The lowest BCUT2D eigenvalue weighted by Gasteiger charge is -2.33. The minimum atomic E-state index is -4.03. The molecule has 33 heavy (non-hydrogen) atoms. The molecule has 0 spiro atoms. The first-order valence-corrected chi connectivity index (χ1v) is 11.8. The zero-order valence-corrected chi connectivity index (χ0v) is 19.6. The van der Waals surface area contributed by atoms with E-state index < -0.39 is 27.4 Å². The minimum absolute atomic E-state index is 0.0162. The SMILES string of the molecule is Cc1ccc(S(=O)(=O)Nc2ccc(Cl)c3c2C(=O)N(C(C)(C)c2ccc[n+](O)c2)C3=O)cc1. The van der Waals surface area contributed by atoms with E-state index in [-0.39, 0.29) is 26.7 Å². The number of benzene rings is 2. The van der Waals surface area contributed by atoms with Crippen molar-refractivity contribution in [2.45, 2.75) is 31.2 Å². The summed E-state index contributed by atoms with van der Waals surface area (Å²) in [6.07, 6.45) is 2.78. The molecule has 0 aliphatic carbocycles. The molecule has 1 aromatic heterocycles. The summed E-state index contributed by atoms with van der Waals surface area (Å²) < 4.78 is 29.1. The number of fused-ring (bicyclic) bond motifs is 1. The molecule has 0 saturated heterocycles. The molecular formula is C23H21ClN3O5S+. The van der Waals surface area contributed by atoms with Gasteiger partial charge in [-0.3, -0.25) is 24.4 Å². The first-order chi connectivity index (χ1) is 15.4. The number of aryl methyl sites for hydroxylation is 1. The zero-order chi connectivity index (χ0) is 24.1. The van der Waals surface area contributed by atoms with E-state index in [1.165, 1.54) is 36.7 Å². The third-order valence-electron chi connectivity index (χ3n) is 5.62. The van der Waals surface area contributed by atoms with Crippen molar-refractivity contribution in [2.24, 2.45) is 0 Å². The molecule has 8 nitrogen and oxygen atoms in total. The average Bonchev–Trinajstić information content (AvgIpc) is 3.02. The number of nitrogens with one attached hydrogen (secondary N) is 1. The number of carbonyl (C=O) groups is 2. The molecule has 2 amide bonds. The van der Waals surface area contributed by atoms with Gasteiger partial charge < -0.3 is 0 Å². The molecule has 0 bridgehead atoms. The first-order valence-electron chi connectivity index (χ1n) is 9.95. The number of aromatic nitrogens is 1. The summed E-state index contributed by atoms with van der Waals surface area (Å²) in [6, 6.07) is 12.2. The predicted molar refractivity (Wildman–Crippen MR) is 121 cm³/mol. The Bertz CT molecular complexity index is 1400. The van der Waals surface area contributed by atoms with E-state index in [1.807, 2.05) is 6.92 Å². The summed E-state index contributed by atoms with van der Waals surface area (Å²) in [5.74, 6) is -1.35. The summed E-state index contributed by atoms with van der Waals surface area (Å²) in [5.41, 5.74) is -0.0346. The largest absolute Gasteiger partial charge is 0.285 e. The van der Waals surface area contributed by atoms with Crippen LogP contribution in [0.5, 0.6) is 0 Å². The summed E-state index contributed by atoms with van der Waals surface area (Å²) in [7, 11) is -4.03. The van der Waals surface area contributed by atoms with Gasteiger partial charge in [-0.15, -0.1) is 0 Å². The van der Waals surface area contributed by atoms with Crippen molar-refractivity contribution in [3.8, 4) is 0 Å². The number of nitrogens with zero attached hydrogens (tertiary/aromatic N) is 2. The molecule has 0 radical (unpaired) electrons. The lowest BCUT2D eigenvalue weighted by molar-refractivity contribution is -0.905. The van der Waals surface area contributed by atoms with Crippen molar-refractivity contribution < 1.29 is 27.9 Å². The van der Waals surface area contributed by atoms with Crippen LogP contribution < -0.4 is 9.45 Å². The summed E-state index contributed by atoms with van der Waals surface area (Å²) in [4.78, 5) is 27.9. The van der Waals surface area contributed by atoms with Crippen LogP contribution >= 0.6 is 11.6 Å². The second kappa shape index (κ2) is 7.86. The van der Waals surface area contributed by atoms with Gasteiger partial charge in [0.25, 0.3) is 21.8 Å². The van der Waals surface area contributed by atoms with Crippen LogP contribution in [0.15, 0.2) is 65.8 Å². The molecule has 0 atom stereocenters. The van der Waals surface area contributed by atoms with Crippen LogP contribution in [0.3, 0.4) is 0 Å². The maximum absolute atomic E-state index is 13.5. The second-order valence-electron chi connectivity index (χ2n) is 8.24. The average molecular weight is 487 g/mol. The summed E-state index contributed by atoms with van der Waals surface area (Å²) >= 11 is 6.27. The molecule has 0 unspecified atom stereocenters. The molecule has 4 rings (SSSR count). The number of halogens is 1. The van der Waals surface area contributed by atoms with Crippen molar-refractivity contribution in [3.05, 3.63) is 88.2 Å². The van der Waals surface area contributed by atoms with Crippen LogP contribution in [-0.4, -0.2) is 30.3 Å². The lowest BCUT2D eigenvalue weighted by atomic mass is 9.93. The number of anilines is 1. The second-order valence-corrected chi connectivity index (χ2v) is 10.3. The van der Waals surface area contributed by atoms with E-state index in [0.717, 1.165) is 15.2 Å². The van der Waals surface area contributed by atoms with Gasteiger partial charge in [0.05, 0.1) is 32.3 Å². The van der Waals surface area contributed by atoms with Gasteiger partial charge in [-0.05, 0) is 51.1 Å². The molecule has 2 N–H and O–H groups in total. The van der Waals surface area contributed by atoms with Crippen LogP contribution in [0.25, 0.3) is 0 Å². The fourth-order valence-electron chi connectivity index (χ4n) is 3.79. The highest BCUT2D eigenvalue weighted by molar-refractivity contribution is 7.92. The van der Waals surface area contributed by atoms with Crippen molar-refractivity contribution in [1.82, 2.24) is 4.90 Å². The topological polar surface area (TPSA) is 108 Å². The Kier molecular flexibility index (Phi) is 5.42. The van der Waals surface area contributed by atoms with Crippen molar-refractivity contribution in [2.75, 3.05) is 4.72 Å². The van der Waals surface area contributed by atoms with Crippen molar-refractivity contribution in [3.63, 3.8) is 0 Å². The highest BCUT2D eigenvalue weighted by atomic mass is 35.5. The van der Waals surface area contributed by atoms with Gasteiger partial charge in [-0.25, -0.2) is 8.42 Å². The quantitative estimate of drug-likeness (QED) is 0.326. The molecule has 2 aromatic carbocycles. The fraction of sp³-hybridized carbons (Fsp3) is 0.174. The molecule has 10 heteroatoms. The minimum Gasteiger partial charge on any atom is -0.285 e. The number of pyridine rings is 1. The van der Waals surface area contributed by atoms with Crippen LogP contribution in [0.4, 0.5) is 5.69 Å². The molecule has 0 fully saturated rings. The maximum Gasteiger partial charge on any atom is 0.264 e. The summed E-state index contributed by atoms with van der Waals surface area (Å²) in [5, 5.41) is 9.83. The predicted octanol–water partition coefficient (Wildman–Crippen LogP) is 3.51. The molecule has 1 aliphatic rings. The van der Waals surface area contributed by atoms with E-state index in [0.29, 0.717) is 5.56 Å². The summed E-state index contributed by atoms with van der Waals surface area (Å²) in [6.45, 7) is 5.13. The number of hydrogen-bond acceptors (Lipinski definition) is 5. The normalized spacial score (nSPS) is 13.9. The van der Waals surface area contributed by atoms with Gasteiger partial charge in [-0.2, -0.15) is 0 Å². The fourth-order valence-corrected chi connectivity index (χ4v) is 5.10. The van der Waals surface area contributed by atoms with E-state index in [2.05, 4.69) is 4.72 Å². The Labute approximate surface area is 196 Å². The van der Waals surface area contributed by atoms with Gasteiger partial charge in [0.2, 0.25) is 12.4 Å². The zero-order valence-electron chi connectivity index (χ0n) is 18.0. The van der Waals surface area contributed by atoms with Gasteiger partial charge in [0.15, 0.2) is 0 Å². The van der Waals surface area contributed by atoms with Gasteiger partial charge in [0.1, 0.15) is 0 Å². The highest BCUT2D eigenvalue weighted by Crippen LogP contribution is 2.41. The Balaban J connectivity index is 1.79. The highest BCUT2D eigenvalue weighted by Gasteiger charge is 2.48. The van der Waals surface area contributed by atoms with Crippen molar-refractivity contribution >= 4 is 39.1 Å². The number of imide groups is 1. The number of sulfonamides is 1. The number of carbonyl (C=O) groups excluding carboxylic acids is 2. The maximum atomic E-state index is 13.5. The molecular weight excluding hydrogens is 466 g/mol. The number of hydrogen-bond donors (Lipinski definition) is 2. The third kappa shape index (κ3) is 3.83. The lowest BCUT2D eigenvalue weighted by Crippen LogP contribution is -2.46. The first kappa shape index (κ1) is 22.8. The van der Waals surface area contributed by atoms with E-state index in [9.17, 15) is 23.2 Å². The van der Waals surface area contributed by atoms with Crippen LogP contribution in [0.1, 0.15) is 45.7 Å². The van der Waals surface area contributed by atoms with E-state index >= 15 is 0 Å². The Hall–Kier alpha value is -3.43. The Morgan fingerprint density at radius 2 is 1.64 bits per heavy atom. The molecule has 170 valence electrons.